The molecule has 3 aromatic rings. The van der Waals surface area contributed by atoms with Crippen molar-refractivity contribution in [2.75, 3.05) is 24.6 Å². The van der Waals surface area contributed by atoms with Crippen molar-refractivity contribution < 1.29 is 36.2 Å². The van der Waals surface area contributed by atoms with Gasteiger partial charge >= 0.3 is 18.4 Å². The molecule has 32 heavy (non-hydrogen) atoms. The van der Waals surface area contributed by atoms with Crippen LogP contribution in [0.15, 0.2) is 24.3 Å². The maximum atomic E-state index is 13.3. The molecule has 1 saturated heterocycles. The normalized spacial score (nSPS) is 17.3. The fraction of sp³-hybridized carbons (Fsp3) is 0.444. The Labute approximate surface area is 176 Å². The Morgan fingerprint density at radius 2 is 1.84 bits per heavy atom. The van der Waals surface area contributed by atoms with Gasteiger partial charge < -0.3 is 14.7 Å². The molecule has 0 unspecified atom stereocenters. The summed E-state index contributed by atoms with van der Waals surface area (Å²) in [4.78, 5) is 9.48. The second-order valence-corrected chi connectivity index (χ2v) is 7.20. The van der Waals surface area contributed by atoms with Gasteiger partial charge in [0.2, 0.25) is 0 Å². The molecular weight excluding hydrogens is 446 g/mol. The Hall–Kier alpha value is -3.16. The van der Waals surface area contributed by atoms with Gasteiger partial charge in [-0.05, 0) is 18.1 Å². The summed E-state index contributed by atoms with van der Waals surface area (Å²) in [7, 11) is 0. The number of alkyl halides is 6. The van der Waals surface area contributed by atoms with E-state index in [-0.39, 0.29) is 35.6 Å². The van der Waals surface area contributed by atoms with Crippen LogP contribution in [0.5, 0.6) is 6.01 Å². The zero-order valence-corrected chi connectivity index (χ0v) is 16.2. The number of anilines is 1. The number of aliphatic hydroxyl groups excluding tert-OH is 1. The first kappa shape index (κ1) is 22.0. The van der Waals surface area contributed by atoms with Crippen LogP contribution in [-0.4, -0.2) is 62.0 Å². The molecule has 3 heterocycles. The van der Waals surface area contributed by atoms with Gasteiger partial charge in [-0.1, -0.05) is 23.4 Å². The lowest BCUT2D eigenvalue weighted by Gasteiger charge is -2.18. The molecule has 2 aromatic heterocycles. The highest BCUT2D eigenvalue weighted by Crippen LogP contribution is 2.33. The second kappa shape index (κ2) is 8.07. The van der Waals surface area contributed by atoms with Crippen molar-refractivity contribution in [2.45, 2.75) is 31.4 Å². The zero-order valence-electron chi connectivity index (χ0n) is 16.2. The van der Waals surface area contributed by atoms with E-state index in [1.807, 2.05) is 0 Å². The highest BCUT2D eigenvalue weighted by Gasteiger charge is 2.34. The molecule has 1 N–H and O–H groups in total. The summed E-state index contributed by atoms with van der Waals surface area (Å²) in [6.07, 6.45) is -9.53. The molecule has 1 aliphatic heterocycles. The Kier molecular flexibility index (Phi) is 5.56. The van der Waals surface area contributed by atoms with Crippen LogP contribution >= 0.6 is 0 Å². The van der Waals surface area contributed by atoms with Gasteiger partial charge in [0.1, 0.15) is 0 Å². The van der Waals surface area contributed by atoms with Gasteiger partial charge in [0.05, 0.1) is 18.2 Å². The standard InChI is InChI=1S/C18H16F6N6O2/c19-17(20,21)9-32-16-25-14(29-6-5-11(31)8-29)13-15(26-16)30(28-27-13)7-10-3-1-2-4-12(10)18(22,23)24/h1-4,11,31H,5-9H2/t11-/m0/s1. The van der Waals surface area contributed by atoms with Crippen molar-refractivity contribution in [3.05, 3.63) is 35.4 Å². The Morgan fingerprint density at radius 1 is 1.09 bits per heavy atom. The summed E-state index contributed by atoms with van der Waals surface area (Å²) >= 11 is 0. The number of hydrogen-bond acceptors (Lipinski definition) is 7. The Bertz CT molecular complexity index is 1120. The number of rotatable bonds is 5. The summed E-state index contributed by atoms with van der Waals surface area (Å²) in [5.74, 6) is 0.0825. The van der Waals surface area contributed by atoms with E-state index in [0.29, 0.717) is 13.0 Å². The van der Waals surface area contributed by atoms with E-state index in [1.54, 1.807) is 4.90 Å². The van der Waals surface area contributed by atoms with E-state index in [0.717, 1.165) is 10.7 Å². The van der Waals surface area contributed by atoms with Crippen LogP contribution < -0.4 is 9.64 Å². The topological polar surface area (TPSA) is 89.2 Å². The number of nitrogens with zero attached hydrogens (tertiary/aromatic N) is 6. The minimum atomic E-state index is -4.65. The first-order chi connectivity index (χ1) is 15.0. The first-order valence-electron chi connectivity index (χ1n) is 9.40. The summed E-state index contributed by atoms with van der Waals surface area (Å²) in [6.45, 7) is -1.55. The molecule has 172 valence electrons. The number of benzene rings is 1. The van der Waals surface area contributed by atoms with E-state index < -0.39 is 36.6 Å². The summed E-state index contributed by atoms with van der Waals surface area (Å²) in [5.41, 5.74) is -1.02. The second-order valence-electron chi connectivity index (χ2n) is 7.20. The highest BCUT2D eigenvalue weighted by molar-refractivity contribution is 5.83. The van der Waals surface area contributed by atoms with E-state index >= 15 is 0 Å². The van der Waals surface area contributed by atoms with Crippen LogP contribution in [0.4, 0.5) is 32.2 Å². The summed E-state index contributed by atoms with van der Waals surface area (Å²) < 4.78 is 83.6. The molecule has 0 spiro atoms. The Balaban J connectivity index is 1.76. The van der Waals surface area contributed by atoms with Crippen molar-refractivity contribution in [3.8, 4) is 6.01 Å². The monoisotopic (exact) mass is 462 g/mol. The molecule has 4 rings (SSSR count). The van der Waals surface area contributed by atoms with Crippen LogP contribution in [0.1, 0.15) is 17.5 Å². The first-order valence-corrected chi connectivity index (χ1v) is 9.40. The third-order valence-electron chi connectivity index (χ3n) is 4.79. The van der Waals surface area contributed by atoms with Gasteiger partial charge in [-0.3, -0.25) is 0 Å². The van der Waals surface area contributed by atoms with Crippen molar-refractivity contribution in [1.82, 2.24) is 25.0 Å². The number of fused-ring (bicyclic) bond motifs is 1. The van der Waals surface area contributed by atoms with Crippen LogP contribution in [0.25, 0.3) is 11.2 Å². The maximum absolute atomic E-state index is 13.3. The molecule has 0 amide bonds. The van der Waals surface area contributed by atoms with Crippen molar-refractivity contribution in [3.63, 3.8) is 0 Å². The third-order valence-corrected chi connectivity index (χ3v) is 4.79. The number of halogens is 6. The molecule has 0 bridgehead atoms. The number of ether oxygens (including phenoxy) is 1. The van der Waals surface area contributed by atoms with Crippen LogP contribution in [0, 0.1) is 0 Å². The fourth-order valence-electron chi connectivity index (χ4n) is 3.39. The van der Waals surface area contributed by atoms with Crippen molar-refractivity contribution in [2.24, 2.45) is 0 Å². The van der Waals surface area contributed by atoms with E-state index in [4.69, 9.17) is 0 Å². The number of β-amino-alcohol motifs (C(OH)–C–C–N with tert-alkyl or cyclic N) is 1. The lowest BCUT2D eigenvalue weighted by Crippen LogP contribution is -2.24. The van der Waals surface area contributed by atoms with Gasteiger partial charge in [-0.25, -0.2) is 4.68 Å². The predicted octanol–water partition coefficient (Wildman–Crippen LogP) is 2.80. The summed E-state index contributed by atoms with van der Waals surface area (Å²) in [6, 6.07) is 4.22. The molecule has 14 heteroatoms. The minimum Gasteiger partial charge on any atom is -0.454 e. The van der Waals surface area contributed by atoms with Crippen molar-refractivity contribution in [1.29, 1.82) is 0 Å². The van der Waals surface area contributed by atoms with Crippen LogP contribution in [0.3, 0.4) is 0 Å². The molecule has 8 nitrogen and oxygen atoms in total. The lowest BCUT2D eigenvalue weighted by molar-refractivity contribution is -0.154. The molecule has 0 aliphatic carbocycles. The van der Waals surface area contributed by atoms with Gasteiger partial charge in [0, 0.05) is 13.1 Å². The van der Waals surface area contributed by atoms with Crippen LogP contribution in [-0.2, 0) is 12.7 Å². The lowest BCUT2D eigenvalue weighted by atomic mass is 10.1. The highest BCUT2D eigenvalue weighted by atomic mass is 19.4. The summed E-state index contributed by atoms with van der Waals surface area (Å²) in [5, 5.41) is 17.6. The molecule has 1 fully saturated rings. The number of hydrogen-bond donors (Lipinski definition) is 1. The van der Waals surface area contributed by atoms with Gasteiger partial charge in [-0.15, -0.1) is 5.10 Å². The molecular formula is C18H16F6N6O2. The number of aromatic nitrogens is 5. The molecule has 1 atom stereocenters. The van der Waals surface area contributed by atoms with E-state index in [2.05, 4.69) is 25.0 Å². The van der Waals surface area contributed by atoms with Gasteiger partial charge in [0.15, 0.2) is 23.6 Å². The molecule has 0 saturated carbocycles. The van der Waals surface area contributed by atoms with Crippen LogP contribution in [0.2, 0.25) is 0 Å². The third kappa shape index (κ3) is 4.69. The Morgan fingerprint density at radius 3 is 2.50 bits per heavy atom. The van der Waals surface area contributed by atoms with Gasteiger partial charge in [0.25, 0.3) is 0 Å². The average Bonchev–Trinajstić information content (AvgIpc) is 3.31. The quantitative estimate of drug-likeness (QED) is 0.584. The fourth-order valence-corrected chi connectivity index (χ4v) is 3.39. The average molecular weight is 462 g/mol. The minimum absolute atomic E-state index is 0.0722. The van der Waals surface area contributed by atoms with E-state index in [1.165, 1.54) is 18.2 Å². The largest absolute Gasteiger partial charge is 0.454 e. The van der Waals surface area contributed by atoms with Gasteiger partial charge in [-0.2, -0.15) is 36.3 Å². The predicted molar refractivity (Wildman–Crippen MR) is 98.1 cm³/mol. The van der Waals surface area contributed by atoms with E-state index in [9.17, 15) is 31.4 Å². The zero-order chi connectivity index (χ0) is 23.1. The van der Waals surface area contributed by atoms with Crippen molar-refractivity contribution >= 4 is 17.0 Å². The SMILES string of the molecule is O[C@H]1CCN(c2nc(OCC(F)(F)F)nc3c2nnn3Cc2ccccc2C(F)(F)F)C1. The maximum Gasteiger partial charge on any atom is 0.422 e. The smallest absolute Gasteiger partial charge is 0.422 e. The number of aliphatic hydroxyl groups is 1. The molecule has 1 aromatic carbocycles. The molecule has 1 aliphatic rings. The molecule has 0 radical (unpaired) electrons.